The fourth-order valence-electron chi connectivity index (χ4n) is 4.66. The van der Waals surface area contributed by atoms with Crippen LogP contribution in [0.4, 0.5) is 4.79 Å². The molecule has 2 aliphatic rings. The molecule has 0 radical (unpaired) electrons. The molecule has 2 aliphatic carbocycles. The van der Waals surface area contributed by atoms with Crippen molar-refractivity contribution < 1.29 is 24.2 Å². The number of benzene rings is 2. The third-order valence-corrected chi connectivity index (χ3v) is 6.59. The number of amides is 2. The number of carbonyl (C=O) groups excluding carboxylic acids is 2. The van der Waals surface area contributed by atoms with Gasteiger partial charge in [-0.3, -0.25) is 9.59 Å². The SMILES string of the molecule is CC(CCCC(=O)N(CC(=O)O)CC1CC1)NC(=O)OCC1c2ccccc2-c2ccccc21. The number of ether oxygens (including phenoxy) is 1. The standard InChI is InChI=1S/C27H32N2O5/c1-18(7-6-12-25(30)29(16-26(31)32)15-19-13-14-19)28-27(33)34-17-24-22-10-4-2-8-20(22)21-9-3-5-11-23(21)24/h2-5,8-11,18-19,24H,6-7,12-17H2,1H3,(H,28,33)(H,31,32). The maximum absolute atomic E-state index is 12.4. The maximum Gasteiger partial charge on any atom is 0.407 e. The second kappa shape index (κ2) is 10.7. The molecule has 0 heterocycles. The van der Waals surface area contributed by atoms with Crippen LogP contribution in [0.15, 0.2) is 48.5 Å². The monoisotopic (exact) mass is 464 g/mol. The Morgan fingerprint density at radius 3 is 2.26 bits per heavy atom. The topological polar surface area (TPSA) is 95.9 Å². The van der Waals surface area contributed by atoms with Crippen molar-refractivity contribution in [3.8, 4) is 11.1 Å². The van der Waals surface area contributed by atoms with Crippen LogP contribution in [0.5, 0.6) is 0 Å². The van der Waals surface area contributed by atoms with Gasteiger partial charge in [-0.25, -0.2) is 4.79 Å². The summed E-state index contributed by atoms with van der Waals surface area (Å²) >= 11 is 0. The summed E-state index contributed by atoms with van der Waals surface area (Å²) in [4.78, 5) is 37.4. The molecular weight excluding hydrogens is 432 g/mol. The van der Waals surface area contributed by atoms with E-state index >= 15 is 0 Å². The van der Waals surface area contributed by atoms with Gasteiger partial charge < -0.3 is 20.1 Å². The van der Waals surface area contributed by atoms with Gasteiger partial charge in [0.05, 0.1) is 0 Å². The Kier molecular flexibility index (Phi) is 7.50. The van der Waals surface area contributed by atoms with Crippen LogP contribution in [-0.4, -0.2) is 53.7 Å². The predicted molar refractivity (Wildman–Crippen MR) is 128 cm³/mol. The van der Waals surface area contributed by atoms with Crippen LogP contribution >= 0.6 is 0 Å². The van der Waals surface area contributed by atoms with E-state index < -0.39 is 12.1 Å². The first-order valence-corrected chi connectivity index (χ1v) is 12.0. The van der Waals surface area contributed by atoms with Gasteiger partial charge in [0, 0.05) is 24.9 Å². The fraction of sp³-hybridized carbons (Fsp3) is 0.444. The zero-order valence-electron chi connectivity index (χ0n) is 19.5. The summed E-state index contributed by atoms with van der Waals surface area (Å²) in [5.41, 5.74) is 4.70. The molecule has 7 heteroatoms. The molecule has 1 atom stereocenters. The molecular formula is C27H32N2O5. The maximum atomic E-state index is 12.4. The minimum Gasteiger partial charge on any atom is -0.480 e. The molecule has 34 heavy (non-hydrogen) atoms. The number of rotatable bonds is 11. The Balaban J connectivity index is 1.22. The molecule has 0 aliphatic heterocycles. The number of carbonyl (C=O) groups is 3. The molecule has 1 unspecified atom stereocenters. The third kappa shape index (κ3) is 5.95. The van der Waals surface area contributed by atoms with Crippen molar-refractivity contribution in [2.45, 2.75) is 51.0 Å². The van der Waals surface area contributed by atoms with Crippen LogP contribution in [0, 0.1) is 5.92 Å². The van der Waals surface area contributed by atoms with E-state index in [0.29, 0.717) is 25.3 Å². The van der Waals surface area contributed by atoms with E-state index in [-0.39, 0.29) is 37.4 Å². The van der Waals surface area contributed by atoms with Gasteiger partial charge in [0.1, 0.15) is 13.2 Å². The Bertz CT molecular complexity index is 1000. The molecule has 2 aromatic rings. The number of carboxylic acids is 1. The van der Waals surface area contributed by atoms with Crippen LogP contribution in [0.1, 0.15) is 56.1 Å². The summed E-state index contributed by atoms with van der Waals surface area (Å²) in [5, 5.41) is 11.9. The van der Waals surface area contributed by atoms with E-state index in [2.05, 4.69) is 29.6 Å². The van der Waals surface area contributed by atoms with Gasteiger partial charge >= 0.3 is 12.1 Å². The van der Waals surface area contributed by atoms with Crippen molar-refractivity contribution in [2.75, 3.05) is 19.7 Å². The Morgan fingerprint density at radius 1 is 1.06 bits per heavy atom. The zero-order chi connectivity index (χ0) is 24.1. The number of hydrogen-bond donors (Lipinski definition) is 2. The Hall–Kier alpha value is -3.35. The number of fused-ring (bicyclic) bond motifs is 3. The lowest BCUT2D eigenvalue weighted by atomic mass is 9.98. The summed E-state index contributed by atoms with van der Waals surface area (Å²) in [6.45, 7) is 2.42. The Labute approximate surface area is 200 Å². The fourth-order valence-corrected chi connectivity index (χ4v) is 4.66. The van der Waals surface area contributed by atoms with Gasteiger partial charge in [-0.1, -0.05) is 48.5 Å². The zero-order valence-corrected chi connectivity index (χ0v) is 19.5. The van der Waals surface area contributed by atoms with E-state index in [1.807, 2.05) is 31.2 Å². The first-order chi connectivity index (χ1) is 16.4. The smallest absolute Gasteiger partial charge is 0.407 e. The summed E-state index contributed by atoms with van der Waals surface area (Å²) in [6, 6.07) is 16.2. The molecule has 0 spiro atoms. The van der Waals surface area contributed by atoms with Crippen molar-refractivity contribution in [2.24, 2.45) is 5.92 Å². The molecule has 2 aromatic carbocycles. The van der Waals surface area contributed by atoms with Crippen molar-refractivity contribution >= 4 is 18.0 Å². The van der Waals surface area contributed by atoms with Crippen LogP contribution < -0.4 is 5.32 Å². The van der Waals surface area contributed by atoms with E-state index in [1.165, 1.54) is 27.2 Å². The van der Waals surface area contributed by atoms with E-state index in [4.69, 9.17) is 9.84 Å². The van der Waals surface area contributed by atoms with Gasteiger partial charge in [0.15, 0.2) is 0 Å². The molecule has 1 fully saturated rings. The first-order valence-electron chi connectivity index (χ1n) is 12.0. The molecule has 4 rings (SSSR count). The normalized spacial score (nSPS) is 15.2. The summed E-state index contributed by atoms with van der Waals surface area (Å²) in [6.07, 6.45) is 3.11. The van der Waals surface area contributed by atoms with Crippen LogP contribution in [0.25, 0.3) is 11.1 Å². The highest BCUT2D eigenvalue weighted by Gasteiger charge is 2.29. The molecule has 2 amide bonds. The lowest BCUT2D eigenvalue weighted by molar-refractivity contribution is -0.144. The molecule has 0 bridgehead atoms. The highest BCUT2D eigenvalue weighted by Crippen LogP contribution is 2.44. The van der Waals surface area contributed by atoms with Gasteiger partial charge in [-0.2, -0.15) is 0 Å². The van der Waals surface area contributed by atoms with Gasteiger partial charge in [-0.15, -0.1) is 0 Å². The van der Waals surface area contributed by atoms with Crippen LogP contribution in [0.3, 0.4) is 0 Å². The van der Waals surface area contributed by atoms with Crippen molar-refractivity contribution in [1.82, 2.24) is 10.2 Å². The van der Waals surface area contributed by atoms with Crippen LogP contribution in [0.2, 0.25) is 0 Å². The summed E-state index contributed by atoms with van der Waals surface area (Å²) in [7, 11) is 0. The van der Waals surface area contributed by atoms with E-state index in [0.717, 1.165) is 12.8 Å². The third-order valence-electron chi connectivity index (χ3n) is 6.59. The molecule has 1 saturated carbocycles. The summed E-state index contributed by atoms with van der Waals surface area (Å²) in [5.74, 6) is -0.669. The van der Waals surface area contributed by atoms with Crippen molar-refractivity contribution in [3.05, 3.63) is 59.7 Å². The first kappa shape index (κ1) is 23.8. The number of alkyl carbamates (subject to hydrolysis) is 1. The molecule has 7 nitrogen and oxygen atoms in total. The second-order valence-corrected chi connectivity index (χ2v) is 9.37. The van der Waals surface area contributed by atoms with E-state index in [9.17, 15) is 14.4 Å². The minimum atomic E-state index is -0.987. The average molecular weight is 465 g/mol. The Morgan fingerprint density at radius 2 is 1.68 bits per heavy atom. The van der Waals surface area contributed by atoms with Gasteiger partial charge in [-0.05, 0) is 60.8 Å². The minimum absolute atomic E-state index is 0.0118. The van der Waals surface area contributed by atoms with Crippen molar-refractivity contribution in [3.63, 3.8) is 0 Å². The number of hydrogen-bond acceptors (Lipinski definition) is 4. The molecule has 0 saturated heterocycles. The molecule has 0 aromatic heterocycles. The lowest BCUT2D eigenvalue weighted by Crippen LogP contribution is -2.37. The predicted octanol–water partition coefficient (Wildman–Crippen LogP) is 4.41. The van der Waals surface area contributed by atoms with Crippen molar-refractivity contribution in [1.29, 1.82) is 0 Å². The largest absolute Gasteiger partial charge is 0.480 e. The number of carboxylic acid groups (broad SMARTS) is 1. The van der Waals surface area contributed by atoms with Gasteiger partial charge in [0.2, 0.25) is 5.91 Å². The lowest BCUT2D eigenvalue weighted by Gasteiger charge is -2.21. The molecule has 2 N–H and O–H groups in total. The number of aliphatic carboxylic acids is 1. The highest BCUT2D eigenvalue weighted by molar-refractivity contribution is 5.81. The molecule has 180 valence electrons. The second-order valence-electron chi connectivity index (χ2n) is 9.37. The number of nitrogens with one attached hydrogen (secondary N) is 1. The quantitative estimate of drug-likeness (QED) is 0.514. The van der Waals surface area contributed by atoms with E-state index in [1.54, 1.807) is 0 Å². The van der Waals surface area contributed by atoms with Gasteiger partial charge in [0.25, 0.3) is 0 Å². The number of nitrogens with zero attached hydrogens (tertiary/aromatic N) is 1. The summed E-state index contributed by atoms with van der Waals surface area (Å²) < 4.78 is 5.58. The average Bonchev–Trinajstić information content (AvgIpc) is 3.57. The van der Waals surface area contributed by atoms with Crippen LogP contribution in [-0.2, 0) is 14.3 Å². The highest BCUT2D eigenvalue weighted by atomic mass is 16.5.